The highest BCUT2D eigenvalue weighted by Crippen LogP contribution is 2.31. The van der Waals surface area contributed by atoms with E-state index in [1.807, 2.05) is 31.2 Å². The quantitative estimate of drug-likeness (QED) is 0.772. The molecule has 1 unspecified atom stereocenters. The first kappa shape index (κ1) is 11.5. The van der Waals surface area contributed by atoms with Crippen molar-refractivity contribution in [2.45, 2.75) is 19.8 Å². The fraction of sp³-hybridized carbons (Fsp3) is 0.200. The molecule has 17 heavy (non-hydrogen) atoms. The number of benzene rings is 2. The summed E-state index contributed by atoms with van der Waals surface area (Å²) in [6.07, 6.45) is 0. The summed E-state index contributed by atoms with van der Waals surface area (Å²) in [5, 5.41) is 0. The number of aryl methyl sites for hydroxylation is 1. The largest absolute Gasteiger partial charge is 0.398 e. The summed E-state index contributed by atoms with van der Waals surface area (Å²) in [6.45, 7) is 4.17. The molecule has 0 radical (unpaired) electrons. The van der Waals surface area contributed by atoms with E-state index in [-0.39, 0.29) is 5.92 Å². The van der Waals surface area contributed by atoms with Gasteiger partial charge in [0, 0.05) is 17.3 Å². The first-order valence-electron chi connectivity index (χ1n) is 5.80. The Bertz CT molecular complexity index is 518. The zero-order chi connectivity index (χ0) is 12.4. The summed E-state index contributed by atoms with van der Waals surface area (Å²) in [5.74, 6) is 0.287. The molecule has 0 aromatic heterocycles. The van der Waals surface area contributed by atoms with Crippen LogP contribution in [0.3, 0.4) is 0 Å². The number of nitrogens with two attached hydrogens (primary N) is 2. The van der Waals surface area contributed by atoms with Gasteiger partial charge in [-0.25, -0.2) is 0 Å². The van der Waals surface area contributed by atoms with Crippen molar-refractivity contribution in [3.63, 3.8) is 0 Å². The highest BCUT2D eigenvalue weighted by Gasteiger charge is 2.12. The second-order valence-corrected chi connectivity index (χ2v) is 4.47. The van der Waals surface area contributed by atoms with Gasteiger partial charge in [-0.15, -0.1) is 0 Å². The van der Waals surface area contributed by atoms with Gasteiger partial charge < -0.3 is 11.5 Å². The van der Waals surface area contributed by atoms with Gasteiger partial charge in [-0.2, -0.15) is 0 Å². The van der Waals surface area contributed by atoms with E-state index < -0.39 is 0 Å². The summed E-state index contributed by atoms with van der Waals surface area (Å²) in [5.41, 5.74) is 16.9. The Hall–Kier alpha value is -1.96. The van der Waals surface area contributed by atoms with Gasteiger partial charge in [-0.05, 0) is 29.7 Å². The van der Waals surface area contributed by atoms with Crippen molar-refractivity contribution in [2.75, 3.05) is 11.5 Å². The van der Waals surface area contributed by atoms with E-state index in [9.17, 15) is 0 Å². The van der Waals surface area contributed by atoms with Crippen LogP contribution in [-0.4, -0.2) is 0 Å². The Morgan fingerprint density at radius 2 is 1.59 bits per heavy atom. The molecule has 2 nitrogen and oxygen atoms in total. The molecule has 88 valence electrons. The average molecular weight is 226 g/mol. The molecular weight excluding hydrogens is 208 g/mol. The SMILES string of the molecule is Cc1cc(C(C)c2ccccc2)c(N)cc1N. The summed E-state index contributed by atoms with van der Waals surface area (Å²) >= 11 is 0. The van der Waals surface area contributed by atoms with Crippen molar-refractivity contribution in [1.82, 2.24) is 0 Å². The Balaban J connectivity index is 2.44. The van der Waals surface area contributed by atoms with Crippen LogP contribution in [0.15, 0.2) is 42.5 Å². The normalized spacial score (nSPS) is 12.4. The highest BCUT2D eigenvalue weighted by molar-refractivity contribution is 5.62. The first-order chi connectivity index (χ1) is 8.09. The predicted molar refractivity (Wildman–Crippen MR) is 74.0 cm³/mol. The van der Waals surface area contributed by atoms with Crippen LogP contribution in [0.5, 0.6) is 0 Å². The fourth-order valence-corrected chi connectivity index (χ4v) is 2.06. The van der Waals surface area contributed by atoms with E-state index in [2.05, 4.69) is 25.1 Å². The molecule has 0 bridgehead atoms. The standard InChI is InChI=1S/C15H18N2/c1-10-8-13(15(17)9-14(10)16)11(2)12-6-4-3-5-7-12/h3-9,11H,16-17H2,1-2H3. The molecule has 0 saturated carbocycles. The first-order valence-corrected chi connectivity index (χ1v) is 5.80. The average Bonchev–Trinajstić information content (AvgIpc) is 2.34. The van der Waals surface area contributed by atoms with Gasteiger partial charge in [-0.1, -0.05) is 43.3 Å². The molecule has 2 heteroatoms. The zero-order valence-electron chi connectivity index (χ0n) is 10.3. The molecule has 0 saturated heterocycles. The van der Waals surface area contributed by atoms with Crippen LogP contribution in [0, 0.1) is 6.92 Å². The van der Waals surface area contributed by atoms with Gasteiger partial charge in [0.1, 0.15) is 0 Å². The van der Waals surface area contributed by atoms with Crippen LogP contribution >= 0.6 is 0 Å². The highest BCUT2D eigenvalue weighted by atomic mass is 14.6. The van der Waals surface area contributed by atoms with Crippen molar-refractivity contribution in [3.05, 3.63) is 59.2 Å². The lowest BCUT2D eigenvalue weighted by Crippen LogP contribution is -2.03. The lowest BCUT2D eigenvalue weighted by Gasteiger charge is -2.16. The lowest BCUT2D eigenvalue weighted by molar-refractivity contribution is 0.924. The van der Waals surface area contributed by atoms with Crippen molar-refractivity contribution in [2.24, 2.45) is 0 Å². The Morgan fingerprint density at radius 1 is 0.941 bits per heavy atom. The summed E-state index contributed by atoms with van der Waals surface area (Å²) in [7, 11) is 0. The van der Waals surface area contributed by atoms with Crippen LogP contribution in [-0.2, 0) is 0 Å². The van der Waals surface area contributed by atoms with Crippen LogP contribution in [0.2, 0.25) is 0 Å². The van der Waals surface area contributed by atoms with E-state index in [1.165, 1.54) is 5.56 Å². The van der Waals surface area contributed by atoms with E-state index in [0.717, 1.165) is 22.5 Å². The minimum atomic E-state index is 0.287. The van der Waals surface area contributed by atoms with Crippen molar-refractivity contribution in [3.8, 4) is 0 Å². The summed E-state index contributed by atoms with van der Waals surface area (Å²) < 4.78 is 0. The molecule has 0 aliphatic carbocycles. The maximum atomic E-state index is 6.05. The third kappa shape index (κ3) is 2.26. The van der Waals surface area contributed by atoms with Crippen molar-refractivity contribution in [1.29, 1.82) is 0 Å². The number of hydrogen-bond donors (Lipinski definition) is 2. The molecule has 0 amide bonds. The topological polar surface area (TPSA) is 52.0 Å². The van der Waals surface area contributed by atoms with Gasteiger partial charge in [-0.3, -0.25) is 0 Å². The molecular formula is C15H18N2. The molecule has 2 aromatic rings. The molecule has 4 N–H and O–H groups in total. The maximum absolute atomic E-state index is 6.05. The van der Waals surface area contributed by atoms with Crippen molar-refractivity contribution >= 4 is 11.4 Å². The van der Waals surface area contributed by atoms with E-state index >= 15 is 0 Å². The summed E-state index contributed by atoms with van der Waals surface area (Å²) in [4.78, 5) is 0. The van der Waals surface area contributed by atoms with Gasteiger partial charge in [0.15, 0.2) is 0 Å². The van der Waals surface area contributed by atoms with Gasteiger partial charge in [0.25, 0.3) is 0 Å². The number of anilines is 2. The van der Waals surface area contributed by atoms with Gasteiger partial charge >= 0.3 is 0 Å². The molecule has 0 aliphatic heterocycles. The number of hydrogen-bond acceptors (Lipinski definition) is 2. The molecule has 0 fully saturated rings. The fourth-order valence-electron chi connectivity index (χ4n) is 2.06. The smallest absolute Gasteiger partial charge is 0.0373 e. The second-order valence-electron chi connectivity index (χ2n) is 4.47. The van der Waals surface area contributed by atoms with Gasteiger partial charge in [0.2, 0.25) is 0 Å². The molecule has 0 spiro atoms. The molecule has 2 aromatic carbocycles. The van der Waals surface area contributed by atoms with Crippen molar-refractivity contribution < 1.29 is 0 Å². The number of rotatable bonds is 2. The van der Waals surface area contributed by atoms with E-state index in [0.29, 0.717) is 0 Å². The predicted octanol–water partition coefficient (Wildman–Crippen LogP) is 3.31. The van der Waals surface area contributed by atoms with Crippen LogP contribution in [0.4, 0.5) is 11.4 Å². The van der Waals surface area contributed by atoms with Crippen LogP contribution in [0.25, 0.3) is 0 Å². The number of nitrogen functional groups attached to an aromatic ring is 2. The maximum Gasteiger partial charge on any atom is 0.0373 e. The Morgan fingerprint density at radius 3 is 2.24 bits per heavy atom. The van der Waals surface area contributed by atoms with E-state index in [1.54, 1.807) is 0 Å². The van der Waals surface area contributed by atoms with E-state index in [4.69, 9.17) is 11.5 Å². The van der Waals surface area contributed by atoms with Gasteiger partial charge in [0.05, 0.1) is 0 Å². The monoisotopic (exact) mass is 226 g/mol. The Labute approximate surface area is 102 Å². The summed E-state index contributed by atoms with van der Waals surface area (Å²) in [6, 6.07) is 14.3. The lowest BCUT2D eigenvalue weighted by atomic mass is 9.90. The minimum absolute atomic E-state index is 0.287. The van der Waals surface area contributed by atoms with Crippen LogP contribution in [0.1, 0.15) is 29.5 Å². The minimum Gasteiger partial charge on any atom is -0.398 e. The molecule has 2 rings (SSSR count). The zero-order valence-corrected chi connectivity index (χ0v) is 10.3. The molecule has 0 aliphatic rings. The molecule has 1 atom stereocenters. The third-order valence-electron chi connectivity index (χ3n) is 3.24. The molecule has 0 heterocycles. The second kappa shape index (κ2) is 4.50. The Kier molecular flexibility index (Phi) is 3.05. The third-order valence-corrected chi connectivity index (χ3v) is 3.24. The van der Waals surface area contributed by atoms with Crippen LogP contribution < -0.4 is 11.5 Å².